The molecule has 5 aromatic rings. The molecular weight excluding hydrogens is 575 g/mol. The van der Waals surface area contributed by atoms with Gasteiger partial charge >= 0.3 is 5.97 Å². The fraction of sp³-hybridized carbons (Fsp3) is 0.226. The molecule has 6 rings (SSSR count). The smallest absolute Gasteiger partial charge is 0.341 e. The molecule has 1 aliphatic carbocycles. The van der Waals surface area contributed by atoms with Crippen LogP contribution in [0.4, 0.5) is 5.00 Å². The van der Waals surface area contributed by atoms with Gasteiger partial charge in [0, 0.05) is 15.8 Å². The summed E-state index contributed by atoms with van der Waals surface area (Å²) in [5, 5.41) is 6.36. The summed E-state index contributed by atoms with van der Waals surface area (Å²) in [7, 11) is 0. The number of thioether (sulfide) groups is 1. The lowest BCUT2D eigenvalue weighted by molar-refractivity contribution is -0.113. The highest BCUT2D eigenvalue weighted by molar-refractivity contribution is 7.99. The number of fused-ring (bicyclic) bond motifs is 3. The Bertz CT molecular complexity index is 1790. The van der Waals surface area contributed by atoms with Crippen molar-refractivity contribution < 1.29 is 14.3 Å². The van der Waals surface area contributed by atoms with Gasteiger partial charge < -0.3 is 10.1 Å². The number of carbonyl (C=O) groups excluding carboxylic acids is 2. The number of thiophene rings is 2. The summed E-state index contributed by atoms with van der Waals surface area (Å²) < 4.78 is 6.93. The van der Waals surface area contributed by atoms with E-state index >= 15 is 0 Å². The normalized spacial score (nSPS) is 12.7. The molecule has 208 valence electrons. The Hall–Kier alpha value is -3.73. The van der Waals surface area contributed by atoms with Crippen LogP contribution in [0.5, 0.6) is 0 Å². The molecule has 0 unspecified atom stereocenters. The molecule has 3 aromatic heterocycles. The van der Waals surface area contributed by atoms with E-state index in [0.717, 1.165) is 41.6 Å². The van der Waals surface area contributed by atoms with Gasteiger partial charge in [0.05, 0.1) is 23.4 Å². The number of nitrogens with one attached hydrogen (secondary N) is 1. The van der Waals surface area contributed by atoms with Gasteiger partial charge in [-0.15, -0.1) is 22.7 Å². The molecule has 41 heavy (non-hydrogen) atoms. The van der Waals surface area contributed by atoms with Gasteiger partial charge in [0.1, 0.15) is 15.4 Å². The topological polar surface area (TPSA) is 90.3 Å². The predicted octanol–water partition coefficient (Wildman–Crippen LogP) is 6.96. The van der Waals surface area contributed by atoms with Gasteiger partial charge in [-0.2, -0.15) is 0 Å². The van der Waals surface area contributed by atoms with Gasteiger partial charge in [-0.05, 0) is 55.9 Å². The first-order chi connectivity index (χ1) is 20.0. The summed E-state index contributed by atoms with van der Waals surface area (Å²) in [4.78, 5) is 46.9. The zero-order valence-corrected chi connectivity index (χ0v) is 24.8. The summed E-state index contributed by atoms with van der Waals surface area (Å²) >= 11 is 4.08. The van der Waals surface area contributed by atoms with E-state index in [9.17, 15) is 14.4 Å². The van der Waals surface area contributed by atoms with Crippen molar-refractivity contribution in [3.8, 4) is 16.8 Å². The lowest BCUT2D eigenvalue weighted by atomic mass is 9.97. The molecule has 1 aliphatic rings. The number of hydrogen-bond donors (Lipinski definition) is 1. The number of rotatable bonds is 8. The van der Waals surface area contributed by atoms with Crippen LogP contribution in [0.3, 0.4) is 0 Å². The largest absolute Gasteiger partial charge is 0.462 e. The molecule has 0 saturated carbocycles. The lowest BCUT2D eigenvalue weighted by Crippen LogP contribution is -2.23. The van der Waals surface area contributed by atoms with Gasteiger partial charge in [0.2, 0.25) is 5.91 Å². The molecule has 1 amide bonds. The Morgan fingerprint density at radius 1 is 1.05 bits per heavy atom. The minimum atomic E-state index is -0.484. The van der Waals surface area contributed by atoms with Crippen molar-refractivity contribution in [1.29, 1.82) is 0 Å². The third-order valence-corrected chi connectivity index (χ3v) is 9.93. The van der Waals surface area contributed by atoms with Crippen LogP contribution in [-0.2, 0) is 22.4 Å². The van der Waals surface area contributed by atoms with Crippen LogP contribution in [-0.4, -0.2) is 33.8 Å². The van der Waals surface area contributed by atoms with E-state index in [-0.39, 0.29) is 23.8 Å². The summed E-state index contributed by atoms with van der Waals surface area (Å²) in [6.45, 7) is 1.98. The third kappa shape index (κ3) is 5.47. The number of amides is 1. The number of esters is 1. The Labute approximate surface area is 249 Å². The maximum absolute atomic E-state index is 13.9. The Morgan fingerprint density at radius 2 is 1.78 bits per heavy atom. The van der Waals surface area contributed by atoms with Crippen LogP contribution >= 0.6 is 34.4 Å². The van der Waals surface area contributed by atoms with Gasteiger partial charge in [0.25, 0.3) is 5.56 Å². The van der Waals surface area contributed by atoms with Crippen LogP contribution in [0.2, 0.25) is 0 Å². The standard InChI is InChI=1S/C31H27N3O4S3/c1-2-38-30(37)26-22(19-11-5-3-6-12-19)17-39-27(26)32-24(35)18-40-31-33-28-25(21-15-9-10-16-23(21)41-28)29(36)34(31)20-13-7-4-8-14-20/h3-8,11-14,17H,2,9-10,15-16,18H2,1H3,(H,32,35). The second kappa shape index (κ2) is 12.0. The molecule has 1 N–H and O–H groups in total. The van der Waals surface area contributed by atoms with Crippen LogP contribution in [0.15, 0.2) is 76.0 Å². The molecule has 0 atom stereocenters. The number of anilines is 1. The highest BCUT2D eigenvalue weighted by Gasteiger charge is 2.25. The molecule has 0 aliphatic heterocycles. The number of aryl methyl sites for hydroxylation is 2. The molecule has 10 heteroatoms. The van der Waals surface area contributed by atoms with Crippen molar-refractivity contribution >= 4 is 61.5 Å². The Kier molecular flexibility index (Phi) is 8.04. The number of carbonyl (C=O) groups is 2. The van der Waals surface area contributed by atoms with E-state index in [1.165, 1.54) is 28.0 Å². The van der Waals surface area contributed by atoms with Crippen LogP contribution < -0.4 is 10.9 Å². The van der Waals surface area contributed by atoms with E-state index in [0.29, 0.717) is 32.4 Å². The number of benzene rings is 2. The molecule has 0 fully saturated rings. The van der Waals surface area contributed by atoms with E-state index in [1.807, 2.05) is 66.0 Å². The SMILES string of the molecule is CCOC(=O)c1c(-c2ccccc2)csc1NC(=O)CSc1nc2sc3c(c2c(=O)n1-c1ccccc1)CCCC3. The first kappa shape index (κ1) is 27.4. The zero-order chi connectivity index (χ0) is 28.3. The molecule has 2 aromatic carbocycles. The maximum Gasteiger partial charge on any atom is 0.341 e. The highest BCUT2D eigenvalue weighted by atomic mass is 32.2. The van der Waals surface area contributed by atoms with E-state index < -0.39 is 5.97 Å². The van der Waals surface area contributed by atoms with E-state index in [2.05, 4.69) is 5.32 Å². The first-order valence-corrected chi connectivity index (χ1v) is 16.1. The fourth-order valence-corrected chi connectivity index (χ4v) is 8.16. The third-order valence-electron chi connectivity index (χ3n) is 6.91. The maximum atomic E-state index is 13.9. The van der Waals surface area contributed by atoms with Gasteiger partial charge in [-0.25, -0.2) is 9.78 Å². The first-order valence-electron chi connectivity index (χ1n) is 13.4. The summed E-state index contributed by atoms with van der Waals surface area (Å²) in [5.41, 5.74) is 3.66. The average molecular weight is 602 g/mol. The molecule has 3 heterocycles. The van der Waals surface area contributed by atoms with Gasteiger partial charge in [0.15, 0.2) is 5.16 Å². The Balaban J connectivity index is 1.31. The summed E-state index contributed by atoms with van der Waals surface area (Å²) in [6.07, 6.45) is 4.06. The highest BCUT2D eigenvalue weighted by Crippen LogP contribution is 2.37. The predicted molar refractivity (Wildman–Crippen MR) is 167 cm³/mol. The van der Waals surface area contributed by atoms with Crippen molar-refractivity contribution in [3.63, 3.8) is 0 Å². The van der Waals surface area contributed by atoms with Crippen molar-refractivity contribution in [1.82, 2.24) is 9.55 Å². The monoisotopic (exact) mass is 601 g/mol. The van der Waals surface area contributed by atoms with Crippen molar-refractivity contribution in [3.05, 3.63) is 92.4 Å². The van der Waals surface area contributed by atoms with Crippen molar-refractivity contribution in [2.75, 3.05) is 17.7 Å². The summed E-state index contributed by atoms with van der Waals surface area (Å²) in [6, 6.07) is 19.0. The number of ether oxygens (including phenoxy) is 1. The molecule has 0 bridgehead atoms. The summed E-state index contributed by atoms with van der Waals surface area (Å²) in [5.74, 6) is -0.778. The number of nitrogens with zero attached hydrogens (tertiary/aromatic N) is 2. The lowest BCUT2D eigenvalue weighted by Gasteiger charge is -2.13. The van der Waals surface area contributed by atoms with Gasteiger partial charge in [-0.3, -0.25) is 14.2 Å². The zero-order valence-electron chi connectivity index (χ0n) is 22.3. The van der Waals surface area contributed by atoms with Crippen LogP contribution in [0.25, 0.3) is 27.0 Å². The fourth-order valence-electron chi connectivity index (χ4n) is 5.07. The van der Waals surface area contributed by atoms with Crippen molar-refractivity contribution in [2.45, 2.75) is 37.8 Å². The molecule has 0 saturated heterocycles. The number of aromatic nitrogens is 2. The van der Waals surface area contributed by atoms with Crippen molar-refractivity contribution in [2.24, 2.45) is 0 Å². The molecular formula is C31H27N3O4S3. The quantitative estimate of drug-likeness (QED) is 0.117. The molecule has 7 nitrogen and oxygen atoms in total. The van der Waals surface area contributed by atoms with Crippen LogP contribution in [0, 0.1) is 0 Å². The molecule has 0 spiro atoms. The minimum Gasteiger partial charge on any atom is -0.462 e. The second-order valence-corrected chi connectivity index (χ2v) is 12.4. The second-order valence-electron chi connectivity index (χ2n) is 9.54. The Morgan fingerprint density at radius 3 is 2.54 bits per heavy atom. The number of hydrogen-bond acceptors (Lipinski definition) is 8. The van der Waals surface area contributed by atoms with Gasteiger partial charge in [-0.1, -0.05) is 60.3 Å². The molecule has 0 radical (unpaired) electrons. The van der Waals surface area contributed by atoms with E-state index in [1.54, 1.807) is 22.8 Å². The van der Waals surface area contributed by atoms with Crippen LogP contribution in [0.1, 0.15) is 40.6 Å². The minimum absolute atomic E-state index is 0.0106. The van der Waals surface area contributed by atoms with E-state index in [4.69, 9.17) is 9.72 Å². The number of para-hydroxylation sites is 1. The average Bonchev–Trinajstić information content (AvgIpc) is 3.58.